The molecule has 0 saturated heterocycles. The molecule has 2 aromatic rings. The number of urea groups is 1. The van der Waals surface area contributed by atoms with Gasteiger partial charge >= 0.3 is 12.0 Å². The van der Waals surface area contributed by atoms with Crippen molar-refractivity contribution in [1.29, 1.82) is 0 Å². The number of imide groups is 1. The molecule has 0 fully saturated rings. The van der Waals surface area contributed by atoms with E-state index in [0.29, 0.717) is 21.2 Å². The van der Waals surface area contributed by atoms with Crippen LogP contribution in [-0.2, 0) is 14.3 Å². The van der Waals surface area contributed by atoms with E-state index in [0.717, 1.165) is 6.08 Å². The van der Waals surface area contributed by atoms with Crippen molar-refractivity contribution < 1.29 is 19.1 Å². The number of amides is 3. The van der Waals surface area contributed by atoms with Gasteiger partial charge in [-0.1, -0.05) is 59.6 Å². The van der Waals surface area contributed by atoms with Gasteiger partial charge in [-0.05, 0) is 23.8 Å². The van der Waals surface area contributed by atoms with E-state index < -0.39 is 24.0 Å². The lowest BCUT2D eigenvalue weighted by molar-refractivity contribution is -0.151. The molecule has 6 nitrogen and oxygen atoms in total. The summed E-state index contributed by atoms with van der Waals surface area (Å²) in [5.41, 5.74) is 0.981. The first-order valence-electron chi connectivity index (χ1n) is 7.82. The summed E-state index contributed by atoms with van der Waals surface area (Å²) in [5.74, 6) is -1.55. The fourth-order valence-corrected chi connectivity index (χ4v) is 2.56. The third kappa shape index (κ3) is 6.13. The van der Waals surface area contributed by atoms with Gasteiger partial charge in [0.05, 0.1) is 0 Å². The Labute approximate surface area is 166 Å². The number of nitrogens with one attached hydrogen (secondary N) is 2. The molecule has 0 aliphatic rings. The van der Waals surface area contributed by atoms with Crippen molar-refractivity contribution in [2.75, 3.05) is 7.05 Å². The van der Waals surface area contributed by atoms with E-state index in [4.69, 9.17) is 27.9 Å². The normalized spacial score (nSPS) is 11.7. The Hall–Kier alpha value is -2.83. The summed E-state index contributed by atoms with van der Waals surface area (Å²) >= 11 is 11.9. The largest absolute Gasteiger partial charge is 0.444 e. The third-order valence-corrected chi connectivity index (χ3v) is 3.96. The maximum Gasteiger partial charge on any atom is 0.331 e. The van der Waals surface area contributed by atoms with Crippen molar-refractivity contribution in [1.82, 2.24) is 10.6 Å². The molecule has 0 spiro atoms. The predicted molar refractivity (Wildman–Crippen MR) is 103 cm³/mol. The molecule has 0 heterocycles. The Kier molecular flexibility index (Phi) is 7.40. The molecule has 0 unspecified atom stereocenters. The van der Waals surface area contributed by atoms with Crippen LogP contribution in [0.3, 0.4) is 0 Å². The minimum absolute atomic E-state index is 0.364. The van der Waals surface area contributed by atoms with Gasteiger partial charge in [-0.25, -0.2) is 9.59 Å². The van der Waals surface area contributed by atoms with E-state index in [1.54, 1.807) is 42.5 Å². The molecule has 8 heteroatoms. The highest BCUT2D eigenvalue weighted by molar-refractivity contribution is 6.35. The van der Waals surface area contributed by atoms with Gasteiger partial charge < -0.3 is 10.1 Å². The first-order valence-corrected chi connectivity index (χ1v) is 8.57. The molecule has 0 saturated carbocycles. The lowest BCUT2D eigenvalue weighted by Gasteiger charge is -2.16. The van der Waals surface area contributed by atoms with Crippen LogP contribution in [0.15, 0.2) is 54.6 Å². The van der Waals surface area contributed by atoms with Crippen LogP contribution in [0.4, 0.5) is 4.79 Å². The van der Waals surface area contributed by atoms with E-state index in [2.05, 4.69) is 10.6 Å². The van der Waals surface area contributed by atoms with Gasteiger partial charge in [-0.2, -0.15) is 0 Å². The Balaban J connectivity index is 2.16. The Bertz CT molecular complexity index is 869. The van der Waals surface area contributed by atoms with Crippen LogP contribution in [0.2, 0.25) is 10.0 Å². The molecule has 0 aliphatic heterocycles. The van der Waals surface area contributed by atoms with Crippen LogP contribution >= 0.6 is 23.2 Å². The van der Waals surface area contributed by atoms with Crippen LogP contribution in [-0.4, -0.2) is 25.0 Å². The van der Waals surface area contributed by atoms with Crippen molar-refractivity contribution in [3.8, 4) is 0 Å². The highest BCUT2D eigenvalue weighted by Crippen LogP contribution is 2.22. The number of hydrogen-bond acceptors (Lipinski definition) is 4. The molecule has 1 atom stereocenters. The second kappa shape index (κ2) is 9.75. The average molecular weight is 407 g/mol. The SMILES string of the molecule is CNC(=O)NC(=O)[C@H](OC(=O)/C=C/c1ccc(Cl)cc1Cl)c1ccccc1. The molecule has 27 heavy (non-hydrogen) atoms. The summed E-state index contributed by atoms with van der Waals surface area (Å²) in [7, 11) is 1.37. The summed E-state index contributed by atoms with van der Waals surface area (Å²) in [6.07, 6.45) is 1.29. The van der Waals surface area contributed by atoms with Crippen molar-refractivity contribution in [3.63, 3.8) is 0 Å². The maximum atomic E-state index is 12.3. The van der Waals surface area contributed by atoms with Gasteiger partial charge in [0, 0.05) is 28.7 Å². The van der Waals surface area contributed by atoms with E-state index >= 15 is 0 Å². The Morgan fingerprint density at radius 2 is 1.78 bits per heavy atom. The Morgan fingerprint density at radius 1 is 1.07 bits per heavy atom. The molecule has 3 amide bonds. The highest BCUT2D eigenvalue weighted by Gasteiger charge is 2.25. The zero-order valence-corrected chi connectivity index (χ0v) is 15.8. The second-order valence-corrected chi connectivity index (χ2v) is 6.14. The third-order valence-electron chi connectivity index (χ3n) is 3.40. The molecule has 2 rings (SSSR count). The van der Waals surface area contributed by atoms with Gasteiger partial charge in [0.2, 0.25) is 6.10 Å². The number of hydrogen-bond donors (Lipinski definition) is 2. The molecule has 140 valence electrons. The van der Waals surface area contributed by atoms with Crippen LogP contribution in [0.5, 0.6) is 0 Å². The standard InChI is InChI=1S/C19H16Cl2N2O4/c1-22-19(26)23-18(25)17(13-5-3-2-4-6-13)27-16(24)10-8-12-7-9-14(20)11-15(12)21/h2-11,17H,1H3,(H2,22,23,25,26)/b10-8+/t17-/m1/s1. The number of carbonyl (C=O) groups excluding carboxylic acids is 3. The van der Waals surface area contributed by atoms with Gasteiger partial charge in [0.1, 0.15) is 0 Å². The first-order chi connectivity index (χ1) is 12.9. The molecule has 2 aromatic carbocycles. The summed E-state index contributed by atoms with van der Waals surface area (Å²) < 4.78 is 5.24. The number of benzene rings is 2. The number of esters is 1. The molecule has 0 radical (unpaired) electrons. The summed E-state index contributed by atoms with van der Waals surface area (Å²) in [6, 6.07) is 12.4. The van der Waals surface area contributed by atoms with Crippen molar-refractivity contribution in [2.24, 2.45) is 0 Å². The number of ether oxygens (including phenoxy) is 1. The van der Waals surface area contributed by atoms with Crippen molar-refractivity contribution in [2.45, 2.75) is 6.10 Å². The van der Waals surface area contributed by atoms with E-state index in [1.165, 1.54) is 19.2 Å². The zero-order chi connectivity index (χ0) is 19.8. The molecule has 0 aromatic heterocycles. The van der Waals surface area contributed by atoms with Gasteiger partial charge in [-0.15, -0.1) is 0 Å². The quantitative estimate of drug-likeness (QED) is 0.584. The molecular weight excluding hydrogens is 391 g/mol. The lowest BCUT2D eigenvalue weighted by atomic mass is 10.1. The molecular formula is C19H16Cl2N2O4. The van der Waals surface area contributed by atoms with Crippen LogP contribution in [0, 0.1) is 0 Å². The minimum atomic E-state index is -1.29. The predicted octanol–water partition coefficient (Wildman–Crippen LogP) is 3.75. The summed E-state index contributed by atoms with van der Waals surface area (Å²) in [4.78, 5) is 35.9. The molecule has 0 aliphatic carbocycles. The smallest absolute Gasteiger partial charge is 0.331 e. The van der Waals surface area contributed by atoms with E-state index in [1.807, 2.05) is 0 Å². The fraction of sp³-hybridized carbons (Fsp3) is 0.105. The summed E-state index contributed by atoms with van der Waals surface area (Å²) in [6.45, 7) is 0. The van der Waals surface area contributed by atoms with Crippen LogP contribution in [0.25, 0.3) is 6.08 Å². The topological polar surface area (TPSA) is 84.5 Å². The van der Waals surface area contributed by atoms with Crippen LogP contribution < -0.4 is 10.6 Å². The number of carbonyl (C=O) groups is 3. The first kappa shape index (κ1) is 20.5. The number of halogens is 2. The zero-order valence-electron chi connectivity index (χ0n) is 14.2. The Morgan fingerprint density at radius 3 is 2.41 bits per heavy atom. The van der Waals surface area contributed by atoms with Crippen molar-refractivity contribution >= 4 is 47.2 Å². The van der Waals surface area contributed by atoms with Crippen LogP contribution in [0.1, 0.15) is 17.2 Å². The molecule has 2 N–H and O–H groups in total. The maximum absolute atomic E-state index is 12.3. The summed E-state index contributed by atoms with van der Waals surface area (Å²) in [5, 5.41) is 5.19. The highest BCUT2D eigenvalue weighted by atomic mass is 35.5. The van der Waals surface area contributed by atoms with Gasteiger partial charge in [0.15, 0.2) is 0 Å². The number of rotatable bonds is 5. The average Bonchev–Trinajstić information content (AvgIpc) is 2.65. The second-order valence-electron chi connectivity index (χ2n) is 5.30. The minimum Gasteiger partial charge on any atom is -0.444 e. The monoisotopic (exact) mass is 406 g/mol. The van der Waals surface area contributed by atoms with E-state index in [9.17, 15) is 14.4 Å². The van der Waals surface area contributed by atoms with Gasteiger partial charge in [-0.3, -0.25) is 10.1 Å². The lowest BCUT2D eigenvalue weighted by Crippen LogP contribution is -2.41. The van der Waals surface area contributed by atoms with Crippen molar-refractivity contribution in [3.05, 3.63) is 75.8 Å². The van der Waals surface area contributed by atoms with Gasteiger partial charge in [0.25, 0.3) is 5.91 Å². The molecule has 0 bridgehead atoms. The fourth-order valence-electron chi connectivity index (χ4n) is 2.09. The van der Waals surface area contributed by atoms with E-state index in [-0.39, 0.29) is 0 Å².